The fraction of sp³-hybridized carbons (Fsp3) is 0.182. The molecule has 0 saturated heterocycles. The van der Waals surface area contributed by atoms with Gasteiger partial charge in [0.15, 0.2) is 0 Å². The number of carboxylic acid groups (broad SMARTS) is 1. The molecule has 0 amide bonds. The van der Waals surface area contributed by atoms with Crippen molar-refractivity contribution in [1.29, 1.82) is 0 Å². The summed E-state index contributed by atoms with van der Waals surface area (Å²) in [5, 5.41) is 9.17. The van der Waals surface area contributed by atoms with Gasteiger partial charge in [0, 0.05) is 23.6 Å². The van der Waals surface area contributed by atoms with Crippen LogP contribution in [0.5, 0.6) is 0 Å². The lowest BCUT2D eigenvalue weighted by atomic mass is 10.1. The topological polar surface area (TPSA) is 89.3 Å². The average molecular weight is 239 g/mol. The molecule has 5 N–H and O–H groups in total. The Hall–Kier alpha value is -1.70. The standard InChI is InChI=1S/C11H11ClN2O2/c12-8-5-7(3-1-2-4-13)10(14)9(6-8)11(15)16/h5-6H,2,4,13-14H2,(H,15,16). The molecule has 4 nitrogen and oxygen atoms in total. The minimum absolute atomic E-state index is 0.0375. The molecule has 0 aliphatic heterocycles. The monoisotopic (exact) mass is 238 g/mol. The van der Waals surface area contributed by atoms with Crippen molar-refractivity contribution in [2.75, 3.05) is 12.3 Å². The maximum Gasteiger partial charge on any atom is 0.337 e. The van der Waals surface area contributed by atoms with Crippen LogP contribution in [0.1, 0.15) is 22.3 Å². The maximum absolute atomic E-state index is 10.8. The van der Waals surface area contributed by atoms with Gasteiger partial charge in [0.2, 0.25) is 0 Å². The van der Waals surface area contributed by atoms with Crippen LogP contribution in [0.15, 0.2) is 12.1 Å². The first-order chi connectivity index (χ1) is 7.56. The highest BCUT2D eigenvalue weighted by Gasteiger charge is 2.11. The first-order valence-electron chi connectivity index (χ1n) is 4.57. The second kappa shape index (κ2) is 5.40. The molecule has 16 heavy (non-hydrogen) atoms. The molecule has 0 radical (unpaired) electrons. The Balaban J connectivity index is 3.21. The SMILES string of the molecule is NCCC#Cc1cc(Cl)cc(C(=O)O)c1N. The predicted molar refractivity (Wildman–Crippen MR) is 63.4 cm³/mol. The van der Waals surface area contributed by atoms with E-state index in [1.54, 1.807) is 0 Å². The van der Waals surface area contributed by atoms with Crippen LogP contribution in [0.2, 0.25) is 5.02 Å². The molecule has 1 rings (SSSR count). The van der Waals surface area contributed by atoms with E-state index < -0.39 is 5.97 Å². The minimum atomic E-state index is -1.12. The normalized spacial score (nSPS) is 9.38. The highest BCUT2D eigenvalue weighted by atomic mass is 35.5. The predicted octanol–water partition coefficient (Wildman–Crippen LogP) is 1.32. The van der Waals surface area contributed by atoms with E-state index in [4.69, 9.17) is 28.2 Å². The molecule has 0 aliphatic carbocycles. The van der Waals surface area contributed by atoms with Gasteiger partial charge in [-0.2, -0.15) is 0 Å². The van der Waals surface area contributed by atoms with Gasteiger partial charge in [-0.05, 0) is 12.1 Å². The second-order valence-corrected chi connectivity index (χ2v) is 3.50. The fourth-order valence-corrected chi connectivity index (χ4v) is 1.35. The van der Waals surface area contributed by atoms with Crippen molar-refractivity contribution in [3.05, 3.63) is 28.3 Å². The largest absolute Gasteiger partial charge is 0.478 e. The third kappa shape index (κ3) is 2.89. The summed E-state index contributed by atoms with van der Waals surface area (Å²) < 4.78 is 0. The summed E-state index contributed by atoms with van der Waals surface area (Å²) in [5.74, 6) is 4.40. The van der Waals surface area contributed by atoms with Gasteiger partial charge in [0.05, 0.1) is 11.3 Å². The molecule has 5 heteroatoms. The van der Waals surface area contributed by atoms with Crippen molar-refractivity contribution in [2.24, 2.45) is 5.73 Å². The zero-order chi connectivity index (χ0) is 12.1. The summed E-state index contributed by atoms with van der Waals surface area (Å²) in [7, 11) is 0. The van der Waals surface area contributed by atoms with Crippen LogP contribution < -0.4 is 11.5 Å². The number of hydrogen-bond donors (Lipinski definition) is 3. The van der Waals surface area contributed by atoms with E-state index in [-0.39, 0.29) is 11.3 Å². The molecule has 0 unspecified atom stereocenters. The highest BCUT2D eigenvalue weighted by Crippen LogP contribution is 2.22. The third-order valence-electron chi connectivity index (χ3n) is 1.87. The molecule has 0 saturated carbocycles. The number of rotatable bonds is 2. The van der Waals surface area contributed by atoms with Gasteiger partial charge in [0.25, 0.3) is 0 Å². The van der Waals surface area contributed by atoms with Gasteiger partial charge >= 0.3 is 5.97 Å². The Morgan fingerprint density at radius 3 is 2.75 bits per heavy atom. The first kappa shape index (κ1) is 12.4. The quantitative estimate of drug-likeness (QED) is 0.536. The average Bonchev–Trinajstić information content (AvgIpc) is 2.22. The number of anilines is 1. The second-order valence-electron chi connectivity index (χ2n) is 3.06. The number of benzene rings is 1. The van der Waals surface area contributed by atoms with E-state index in [9.17, 15) is 4.79 Å². The van der Waals surface area contributed by atoms with Gasteiger partial charge in [-0.25, -0.2) is 4.79 Å². The molecular formula is C11H11ClN2O2. The number of carbonyl (C=O) groups is 1. The van der Waals surface area contributed by atoms with Gasteiger partial charge in [-0.3, -0.25) is 0 Å². The molecule has 0 bridgehead atoms. The molecule has 0 atom stereocenters. The molecule has 1 aromatic carbocycles. The lowest BCUT2D eigenvalue weighted by molar-refractivity contribution is 0.0698. The molecule has 0 aliphatic rings. The Kier molecular flexibility index (Phi) is 4.18. The lowest BCUT2D eigenvalue weighted by Crippen LogP contribution is -2.04. The van der Waals surface area contributed by atoms with Crippen molar-refractivity contribution in [1.82, 2.24) is 0 Å². The van der Waals surface area contributed by atoms with Crippen LogP contribution in [-0.2, 0) is 0 Å². The summed E-state index contributed by atoms with van der Waals surface area (Å²) in [4.78, 5) is 10.8. The van der Waals surface area contributed by atoms with Gasteiger partial charge in [-0.15, -0.1) is 0 Å². The van der Waals surface area contributed by atoms with Gasteiger partial charge in [-0.1, -0.05) is 23.4 Å². The third-order valence-corrected chi connectivity index (χ3v) is 2.09. The van der Waals surface area contributed by atoms with Crippen molar-refractivity contribution >= 4 is 23.3 Å². The molecule has 0 fully saturated rings. The smallest absolute Gasteiger partial charge is 0.337 e. The van der Waals surface area contributed by atoms with E-state index in [2.05, 4.69) is 11.8 Å². The summed E-state index contributed by atoms with van der Waals surface area (Å²) in [6.45, 7) is 0.444. The Labute approximate surface area is 98.2 Å². The maximum atomic E-state index is 10.8. The highest BCUT2D eigenvalue weighted by molar-refractivity contribution is 6.31. The molecule has 1 aromatic rings. The fourth-order valence-electron chi connectivity index (χ4n) is 1.13. The van der Waals surface area contributed by atoms with E-state index in [1.807, 2.05) is 0 Å². The van der Waals surface area contributed by atoms with Crippen LogP contribution in [0.25, 0.3) is 0 Å². The van der Waals surface area contributed by atoms with Crippen LogP contribution in [0.4, 0.5) is 5.69 Å². The molecule has 0 spiro atoms. The van der Waals surface area contributed by atoms with E-state index in [0.29, 0.717) is 23.6 Å². The van der Waals surface area contributed by atoms with Gasteiger partial charge < -0.3 is 16.6 Å². The van der Waals surface area contributed by atoms with E-state index in [0.717, 1.165) is 0 Å². The lowest BCUT2D eigenvalue weighted by Gasteiger charge is -2.04. The Bertz CT molecular complexity index is 475. The molecular weight excluding hydrogens is 228 g/mol. The van der Waals surface area contributed by atoms with Crippen LogP contribution in [0.3, 0.4) is 0 Å². The summed E-state index contributed by atoms with van der Waals surface area (Å²) in [6, 6.07) is 2.83. The van der Waals surface area contributed by atoms with Crippen molar-refractivity contribution < 1.29 is 9.90 Å². The zero-order valence-corrected chi connectivity index (χ0v) is 9.21. The molecule has 84 valence electrons. The number of halogens is 1. The molecule has 0 heterocycles. The zero-order valence-electron chi connectivity index (χ0n) is 8.46. The van der Waals surface area contributed by atoms with Gasteiger partial charge in [0.1, 0.15) is 0 Å². The van der Waals surface area contributed by atoms with E-state index >= 15 is 0 Å². The van der Waals surface area contributed by atoms with Crippen molar-refractivity contribution in [3.63, 3.8) is 0 Å². The van der Waals surface area contributed by atoms with Crippen LogP contribution in [-0.4, -0.2) is 17.6 Å². The summed E-state index contributed by atoms with van der Waals surface area (Å²) in [6.07, 6.45) is 0.522. The van der Waals surface area contributed by atoms with Crippen LogP contribution >= 0.6 is 11.6 Å². The number of nitrogen functional groups attached to an aromatic ring is 1. The minimum Gasteiger partial charge on any atom is -0.478 e. The number of nitrogens with two attached hydrogens (primary N) is 2. The van der Waals surface area contributed by atoms with Crippen LogP contribution in [0, 0.1) is 11.8 Å². The van der Waals surface area contributed by atoms with E-state index in [1.165, 1.54) is 12.1 Å². The van der Waals surface area contributed by atoms with Crippen molar-refractivity contribution in [2.45, 2.75) is 6.42 Å². The Morgan fingerprint density at radius 2 is 2.19 bits per heavy atom. The number of hydrogen-bond acceptors (Lipinski definition) is 3. The number of carboxylic acids is 1. The Morgan fingerprint density at radius 1 is 1.50 bits per heavy atom. The first-order valence-corrected chi connectivity index (χ1v) is 4.95. The summed E-state index contributed by atoms with van der Waals surface area (Å²) in [5.41, 5.74) is 11.5. The molecule has 0 aromatic heterocycles. The van der Waals surface area contributed by atoms with Crippen molar-refractivity contribution in [3.8, 4) is 11.8 Å². The summed E-state index contributed by atoms with van der Waals surface area (Å²) >= 11 is 5.77. The number of aromatic carboxylic acids is 1.